The fourth-order valence-corrected chi connectivity index (χ4v) is 1.87. The molecule has 0 radical (unpaired) electrons. The van der Waals surface area contributed by atoms with Crippen molar-refractivity contribution in [3.63, 3.8) is 0 Å². The predicted octanol–water partition coefficient (Wildman–Crippen LogP) is 3.54. The van der Waals surface area contributed by atoms with Crippen LogP contribution in [0.25, 0.3) is 5.57 Å². The van der Waals surface area contributed by atoms with Crippen LogP contribution in [0.2, 0.25) is 0 Å². The molecule has 1 heteroatoms. The summed E-state index contributed by atoms with van der Waals surface area (Å²) < 4.78 is 0. The molecule has 1 aliphatic rings. The first-order chi connectivity index (χ1) is 7.63. The molecular weight excluding hydrogens is 196 g/mol. The van der Waals surface area contributed by atoms with Crippen molar-refractivity contribution in [3.05, 3.63) is 53.6 Å². The van der Waals surface area contributed by atoms with Gasteiger partial charge in [0.2, 0.25) is 0 Å². The molecule has 1 nitrogen and oxygen atoms in total. The van der Waals surface area contributed by atoms with Gasteiger partial charge in [-0.3, -0.25) is 0 Å². The van der Waals surface area contributed by atoms with Gasteiger partial charge in [0.15, 0.2) is 0 Å². The molecule has 0 aromatic heterocycles. The molecule has 0 saturated heterocycles. The lowest BCUT2D eigenvalue weighted by Gasteiger charge is -2.21. The Morgan fingerprint density at radius 3 is 2.75 bits per heavy atom. The number of carbonyl (C=O) groups is 1. The zero-order chi connectivity index (χ0) is 11.6. The molecule has 0 amide bonds. The molecule has 2 rings (SSSR count). The highest BCUT2D eigenvalue weighted by atomic mass is 16.1. The van der Waals surface area contributed by atoms with E-state index >= 15 is 0 Å². The SMILES string of the molecule is Cc1cccc(C2=CCC(C)(C=O)C=C2)c1. The summed E-state index contributed by atoms with van der Waals surface area (Å²) in [5.74, 6) is 0. The van der Waals surface area contributed by atoms with Crippen molar-refractivity contribution in [2.45, 2.75) is 20.3 Å². The van der Waals surface area contributed by atoms with E-state index in [1.54, 1.807) is 0 Å². The predicted molar refractivity (Wildman–Crippen MR) is 67.1 cm³/mol. The Balaban J connectivity index is 2.27. The second-order valence-electron chi connectivity index (χ2n) is 4.69. The number of allylic oxidation sites excluding steroid dienone is 4. The van der Waals surface area contributed by atoms with Gasteiger partial charge in [-0.15, -0.1) is 0 Å². The molecule has 1 aromatic carbocycles. The average molecular weight is 212 g/mol. The second kappa shape index (κ2) is 4.09. The fourth-order valence-electron chi connectivity index (χ4n) is 1.87. The highest BCUT2D eigenvalue weighted by Gasteiger charge is 2.21. The third-order valence-corrected chi connectivity index (χ3v) is 3.03. The summed E-state index contributed by atoms with van der Waals surface area (Å²) in [6.07, 6.45) is 8.00. The maximum atomic E-state index is 10.9. The number of aryl methyl sites for hydroxylation is 1. The van der Waals surface area contributed by atoms with Gasteiger partial charge in [-0.25, -0.2) is 0 Å². The van der Waals surface area contributed by atoms with E-state index in [1.165, 1.54) is 16.7 Å². The number of benzene rings is 1. The lowest BCUT2D eigenvalue weighted by atomic mass is 9.82. The molecule has 1 aliphatic carbocycles. The van der Waals surface area contributed by atoms with Gasteiger partial charge in [-0.1, -0.05) is 48.1 Å². The van der Waals surface area contributed by atoms with E-state index < -0.39 is 0 Å². The van der Waals surface area contributed by atoms with Gasteiger partial charge >= 0.3 is 0 Å². The summed E-state index contributed by atoms with van der Waals surface area (Å²) in [6.45, 7) is 4.05. The Bertz CT molecular complexity index is 468. The minimum Gasteiger partial charge on any atom is -0.302 e. The Kier molecular flexibility index (Phi) is 2.78. The summed E-state index contributed by atoms with van der Waals surface area (Å²) in [5.41, 5.74) is 3.38. The van der Waals surface area contributed by atoms with Crippen LogP contribution >= 0.6 is 0 Å². The molecular formula is C15H16O. The van der Waals surface area contributed by atoms with Crippen LogP contribution in [0.5, 0.6) is 0 Å². The van der Waals surface area contributed by atoms with E-state index in [0.717, 1.165) is 12.7 Å². The van der Waals surface area contributed by atoms with Crippen LogP contribution in [-0.2, 0) is 4.79 Å². The molecule has 0 N–H and O–H groups in total. The third-order valence-electron chi connectivity index (χ3n) is 3.03. The molecule has 0 spiro atoms. The number of hydrogen-bond donors (Lipinski definition) is 0. The first-order valence-electron chi connectivity index (χ1n) is 5.56. The van der Waals surface area contributed by atoms with Crippen LogP contribution in [0.3, 0.4) is 0 Å². The molecule has 0 heterocycles. The van der Waals surface area contributed by atoms with Gasteiger partial charge in [0.1, 0.15) is 6.29 Å². The molecule has 16 heavy (non-hydrogen) atoms. The smallest absolute Gasteiger partial charge is 0.129 e. The zero-order valence-electron chi connectivity index (χ0n) is 9.73. The van der Waals surface area contributed by atoms with E-state index in [9.17, 15) is 4.79 Å². The summed E-state index contributed by atoms with van der Waals surface area (Å²) in [5, 5.41) is 0. The van der Waals surface area contributed by atoms with Crippen molar-refractivity contribution < 1.29 is 4.79 Å². The van der Waals surface area contributed by atoms with Crippen LogP contribution in [0.4, 0.5) is 0 Å². The Morgan fingerprint density at radius 2 is 2.19 bits per heavy atom. The fraction of sp³-hybridized carbons (Fsp3) is 0.267. The summed E-state index contributed by atoms with van der Waals surface area (Å²) in [4.78, 5) is 10.9. The van der Waals surface area contributed by atoms with Gasteiger partial charge in [-0.2, -0.15) is 0 Å². The van der Waals surface area contributed by atoms with Crippen molar-refractivity contribution in [2.24, 2.45) is 5.41 Å². The van der Waals surface area contributed by atoms with Crippen molar-refractivity contribution in [2.75, 3.05) is 0 Å². The standard InChI is InChI=1S/C15H16O/c1-12-4-3-5-14(10-12)13-6-8-15(2,11-16)9-7-13/h3-8,10-11H,9H2,1-2H3. The molecule has 1 unspecified atom stereocenters. The van der Waals surface area contributed by atoms with Crippen molar-refractivity contribution in [3.8, 4) is 0 Å². The normalized spacial score (nSPS) is 24.0. The maximum Gasteiger partial charge on any atom is 0.129 e. The van der Waals surface area contributed by atoms with Crippen LogP contribution < -0.4 is 0 Å². The van der Waals surface area contributed by atoms with Gasteiger partial charge < -0.3 is 4.79 Å². The Labute approximate surface area is 96.5 Å². The number of hydrogen-bond acceptors (Lipinski definition) is 1. The third kappa shape index (κ3) is 2.13. The van der Waals surface area contributed by atoms with Crippen LogP contribution in [0.15, 0.2) is 42.5 Å². The monoisotopic (exact) mass is 212 g/mol. The lowest BCUT2D eigenvalue weighted by Crippen LogP contribution is -2.15. The Morgan fingerprint density at radius 1 is 1.38 bits per heavy atom. The van der Waals surface area contributed by atoms with Gasteiger partial charge in [-0.05, 0) is 31.4 Å². The molecule has 0 aliphatic heterocycles. The second-order valence-corrected chi connectivity index (χ2v) is 4.69. The summed E-state index contributed by atoms with van der Waals surface area (Å²) in [7, 11) is 0. The molecule has 82 valence electrons. The van der Waals surface area contributed by atoms with Crippen molar-refractivity contribution in [1.29, 1.82) is 0 Å². The number of aldehydes is 1. The van der Waals surface area contributed by atoms with Crippen molar-refractivity contribution >= 4 is 11.9 Å². The summed E-state index contributed by atoms with van der Waals surface area (Å²) in [6, 6.07) is 8.42. The van der Waals surface area contributed by atoms with Gasteiger partial charge in [0.05, 0.1) is 0 Å². The number of carbonyl (C=O) groups excluding carboxylic acids is 1. The van der Waals surface area contributed by atoms with E-state index in [4.69, 9.17) is 0 Å². The number of rotatable bonds is 2. The van der Waals surface area contributed by atoms with E-state index in [-0.39, 0.29) is 5.41 Å². The average Bonchev–Trinajstić information content (AvgIpc) is 2.30. The topological polar surface area (TPSA) is 17.1 Å². The molecule has 1 aromatic rings. The molecule has 1 atom stereocenters. The minimum absolute atomic E-state index is 0.312. The van der Waals surface area contributed by atoms with Crippen LogP contribution in [0, 0.1) is 12.3 Å². The zero-order valence-corrected chi connectivity index (χ0v) is 9.73. The lowest BCUT2D eigenvalue weighted by molar-refractivity contribution is -0.113. The van der Waals surface area contributed by atoms with Crippen molar-refractivity contribution in [1.82, 2.24) is 0 Å². The summed E-state index contributed by atoms with van der Waals surface area (Å²) >= 11 is 0. The highest BCUT2D eigenvalue weighted by Crippen LogP contribution is 2.31. The maximum absolute atomic E-state index is 10.9. The van der Waals surface area contributed by atoms with Gasteiger partial charge in [0, 0.05) is 5.41 Å². The minimum atomic E-state index is -0.312. The van der Waals surface area contributed by atoms with Gasteiger partial charge in [0.25, 0.3) is 0 Å². The van der Waals surface area contributed by atoms with E-state index in [2.05, 4.69) is 37.3 Å². The molecule has 0 bridgehead atoms. The first-order valence-corrected chi connectivity index (χ1v) is 5.56. The van der Waals surface area contributed by atoms with Crippen LogP contribution in [0.1, 0.15) is 24.5 Å². The Hall–Kier alpha value is -1.63. The van der Waals surface area contributed by atoms with Crippen LogP contribution in [-0.4, -0.2) is 6.29 Å². The molecule has 0 saturated carbocycles. The quantitative estimate of drug-likeness (QED) is 0.685. The highest BCUT2D eigenvalue weighted by molar-refractivity contribution is 5.78. The van der Waals surface area contributed by atoms with E-state index in [1.807, 2.05) is 19.1 Å². The largest absolute Gasteiger partial charge is 0.302 e. The first kappa shape index (κ1) is 10.9. The molecule has 0 fully saturated rings. The van der Waals surface area contributed by atoms with E-state index in [0.29, 0.717) is 0 Å².